The molecule has 0 atom stereocenters. The molecule has 0 radical (unpaired) electrons. The van der Waals surface area contributed by atoms with Gasteiger partial charge < -0.3 is 10.0 Å². The van der Waals surface area contributed by atoms with Crippen LogP contribution in [-0.4, -0.2) is 30.7 Å². The van der Waals surface area contributed by atoms with Crippen molar-refractivity contribution in [2.24, 2.45) is 4.99 Å². The normalized spacial score (nSPS) is 14.4. The Hall–Kier alpha value is -2.46. The maximum Gasteiger partial charge on any atom is 0.116 e. The Morgan fingerprint density at radius 2 is 1.92 bits per heavy atom. The molecule has 25 heavy (non-hydrogen) atoms. The number of rotatable bonds is 4. The van der Waals surface area contributed by atoms with E-state index in [-0.39, 0.29) is 0 Å². The van der Waals surface area contributed by atoms with Gasteiger partial charge in [-0.15, -0.1) is 11.8 Å². The van der Waals surface area contributed by atoms with Gasteiger partial charge in [-0.25, -0.2) is 0 Å². The van der Waals surface area contributed by atoms with Gasteiger partial charge in [0.25, 0.3) is 0 Å². The molecule has 3 rings (SSSR count). The topological polar surface area (TPSA) is 35.8 Å². The number of aromatic hydroxyl groups is 1. The Balaban J connectivity index is 1.72. The van der Waals surface area contributed by atoms with E-state index in [2.05, 4.69) is 59.3 Å². The number of allylic oxidation sites excluding steroid dienone is 3. The smallest absolute Gasteiger partial charge is 0.116 e. The monoisotopic (exact) mass is 350 g/mol. The van der Waals surface area contributed by atoms with Crippen LogP contribution in [-0.2, 0) is 0 Å². The van der Waals surface area contributed by atoms with Gasteiger partial charge in [0.1, 0.15) is 5.75 Å². The molecule has 1 aliphatic heterocycles. The average molecular weight is 350 g/mol. The molecule has 2 aromatic carbocycles. The van der Waals surface area contributed by atoms with Crippen molar-refractivity contribution in [1.29, 1.82) is 0 Å². The molecule has 0 aliphatic carbocycles. The Labute approximate surface area is 153 Å². The second kappa shape index (κ2) is 7.62. The van der Waals surface area contributed by atoms with Crippen LogP contribution in [0.2, 0.25) is 0 Å². The Morgan fingerprint density at radius 3 is 2.64 bits per heavy atom. The van der Waals surface area contributed by atoms with Gasteiger partial charge in [-0.05, 0) is 48.9 Å². The molecular formula is C21H22N2OS. The molecule has 1 N–H and O–H groups in total. The summed E-state index contributed by atoms with van der Waals surface area (Å²) < 4.78 is 0. The fourth-order valence-electron chi connectivity index (χ4n) is 2.54. The summed E-state index contributed by atoms with van der Waals surface area (Å²) in [5, 5.41) is 9.53. The Morgan fingerprint density at radius 1 is 1.16 bits per heavy atom. The van der Waals surface area contributed by atoms with Gasteiger partial charge in [-0.2, -0.15) is 0 Å². The fraction of sp³-hybridized carbons (Fsp3) is 0.190. The predicted octanol–water partition coefficient (Wildman–Crippen LogP) is 5.30. The van der Waals surface area contributed by atoms with Crippen LogP contribution in [0.25, 0.3) is 6.08 Å². The molecule has 128 valence electrons. The van der Waals surface area contributed by atoms with Crippen LogP contribution in [0.5, 0.6) is 5.75 Å². The van der Waals surface area contributed by atoms with E-state index in [0.29, 0.717) is 5.75 Å². The number of nitrogens with zero attached hydrogens (tertiary/aromatic N) is 2. The van der Waals surface area contributed by atoms with Gasteiger partial charge in [0.15, 0.2) is 0 Å². The van der Waals surface area contributed by atoms with Gasteiger partial charge >= 0.3 is 0 Å². The van der Waals surface area contributed by atoms with Crippen molar-refractivity contribution >= 4 is 34.9 Å². The number of phenols is 1. The number of phenolic OH excluding ortho intramolecular Hbond substituents is 1. The third-order valence-corrected chi connectivity index (χ3v) is 5.00. The summed E-state index contributed by atoms with van der Waals surface area (Å²) in [5.41, 5.74) is 5.53. The minimum Gasteiger partial charge on any atom is -0.508 e. The number of hydrogen-bond donors (Lipinski definition) is 1. The summed E-state index contributed by atoms with van der Waals surface area (Å²) in [6.45, 7) is 2.10. The molecule has 0 saturated heterocycles. The van der Waals surface area contributed by atoms with E-state index in [0.717, 1.165) is 22.0 Å². The quantitative estimate of drug-likeness (QED) is 0.761. The highest BCUT2D eigenvalue weighted by atomic mass is 32.2. The lowest BCUT2D eigenvalue weighted by atomic mass is 10.1. The molecule has 0 aromatic heterocycles. The van der Waals surface area contributed by atoms with Crippen LogP contribution in [0.1, 0.15) is 12.5 Å². The average Bonchev–Trinajstić information content (AvgIpc) is 2.60. The summed E-state index contributed by atoms with van der Waals surface area (Å²) in [6, 6.07) is 13.8. The molecule has 0 unspecified atom stereocenters. The van der Waals surface area contributed by atoms with Gasteiger partial charge in [-0.3, -0.25) is 4.99 Å². The zero-order chi connectivity index (χ0) is 17.8. The SMILES string of the molecule is CC(/C=C/C1=Nc2ccc(O)cc2SC1)=C\c1ccc(N(C)C)cc1. The van der Waals surface area contributed by atoms with Crippen LogP contribution in [0.4, 0.5) is 11.4 Å². The van der Waals surface area contributed by atoms with E-state index < -0.39 is 0 Å². The second-order valence-electron chi connectivity index (χ2n) is 6.25. The first kappa shape index (κ1) is 17.4. The van der Waals surface area contributed by atoms with Crippen LogP contribution in [0.15, 0.2) is 70.1 Å². The number of thioether (sulfide) groups is 1. The summed E-state index contributed by atoms with van der Waals surface area (Å²) in [4.78, 5) is 7.79. The maximum absolute atomic E-state index is 9.53. The molecule has 0 spiro atoms. The Bertz CT molecular complexity index is 849. The summed E-state index contributed by atoms with van der Waals surface area (Å²) in [6.07, 6.45) is 6.34. The lowest BCUT2D eigenvalue weighted by Crippen LogP contribution is -2.07. The van der Waals surface area contributed by atoms with Crippen molar-refractivity contribution in [3.05, 3.63) is 65.8 Å². The van der Waals surface area contributed by atoms with Crippen LogP contribution in [0.3, 0.4) is 0 Å². The van der Waals surface area contributed by atoms with E-state index >= 15 is 0 Å². The zero-order valence-electron chi connectivity index (χ0n) is 14.7. The van der Waals surface area contributed by atoms with Crippen LogP contribution < -0.4 is 4.90 Å². The molecule has 1 aliphatic rings. The van der Waals surface area contributed by atoms with Crippen LogP contribution >= 0.6 is 11.8 Å². The predicted molar refractivity (Wildman–Crippen MR) is 109 cm³/mol. The molecule has 2 aromatic rings. The minimum absolute atomic E-state index is 0.291. The molecule has 1 heterocycles. The first-order chi connectivity index (χ1) is 12.0. The number of benzene rings is 2. The number of aliphatic imine (C=N–C) groups is 1. The number of hydrogen-bond acceptors (Lipinski definition) is 4. The summed E-state index contributed by atoms with van der Waals surface area (Å²) >= 11 is 1.70. The second-order valence-corrected chi connectivity index (χ2v) is 7.27. The van der Waals surface area contributed by atoms with Crippen LogP contribution in [0, 0.1) is 0 Å². The molecule has 0 amide bonds. The minimum atomic E-state index is 0.291. The maximum atomic E-state index is 9.53. The standard InChI is InChI=1S/C21H22N2OS/c1-15(12-16-5-8-18(9-6-16)23(2)3)4-7-17-14-25-21-13-19(24)10-11-20(21)22-17/h4-13,24H,14H2,1-3H3/b7-4+,15-12+. The van der Waals surface area contributed by atoms with E-state index in [1.165, 1.54) is 16.8 Å². The first-order valence-electron chi connectivity index (χ1n) is 8.18. The fourth-order valence-corrected chi connectivity index (χ4v) is 3.47. The van der Waals surface area contributed by atoms with Crippen molar-refractivity contribution < 1.29 is 5.11 Å². The van der Waals surface area contributed by atoms with Crippen molar-refractivity contribution in [1.82, 2.24) is 0 Å². The molecule has 0 fully saturated rings. The lowest BCUT2D eigenvalue weighted by molar-refractivity contribution is 0.474. The molecule has 3 nitrogen and oxygen atoms in total. The molecule has 0 bridgehead atoms. The molecule has 4 heteroatoms. The van der Waals surface area contributed by atoms with Crippen molar-refractivity contribution in [3.8, 4) is 5.75 Å². The Kier molecular flexibility index (Phi) is 5.29. The third kappa shape index (κ3) is 4.54. The highest BCUT2D eigenvalue weighted by molar-refractivity contribution is 8.00. The van der Waals surface area contributed by atoms with Gasteiger partial charge in [-0.1, -0.05) is 29.9 Å². The lowest BCUT2D eigenvalue weighted by Gasteiger charge is -2.13. The largest absolute Gasteiger partial charge is 0.508 e. The van der Waals surface area contributed by atoms with Gasteiger partial charge in [0.05, 0.1) is 11.4 Å². The van der Waals surface area contributed by atoms with Crippen molar-refractivity contribution in [2.45, 2.75) is 11.8 Å². The highest BCUT2D eigenvalue weighted by Gasteiger charge is 2.11. The third-order valence-electron chi connectivity index (χ3n) is 3.93. The molecular weight excluding hydrogens is 328 g/mol. The van der Waals surface area contributed by atoms with Gasteiger partial charge in [0, 0.05) is 30.4 Å². The van der Waals surface area contributed by atoms with Crippen molar-refractivity contribution in [2.75, 3.05) is 24.7 Å². The van der Waals surface area contributed by atoms with E-state index in [1.807, 2.05) is 20.2 Å². The van der Waals surface area contributed by atoms with Gasteiger partial charge in [0.2, 0.25) is 0 Å². The zero-order valence-corrected chi connectivity index (χ0v) is 15.5. The van der Waals surface area contributed by atoms with E-state index in [1.54, 1.807) is 23.9 Å². The van der Waals surface area contributed by atoms with Crippen molar-refractivity contribution in [3.63, 3.8) is 0 Å². The summed E-state index contributed by atoms with van der Waals surface area (Å²) in [7, 11) is 4.09. The first-order valence-corrected chi connectivity index (χ1v) is 9.17. The summed E-state index contributed by atoms with van der Waals surface area (Å²) in [5.74, 6) is 1.11. The number of anilines is 1. The number of fused-ring (bicyclic) bond motifs is 1. The highest BCUT2D eigenvalue weighted by Crippen LogP contribution is 2.36. The van der Waals surface area contributed by atoms with E-state index in [4.69, 9.17) is 0 Å². The molecule has 0 saturated carbocycles. The van der Waals surface area contributed by atoms with E-state index in [9.17, 15) is 5.11 Å².